The molecule has 2 saturated carbocycles. The highest BCUT2D eigenvalue weighted by atomic mass is 35.5. The van der Waals surface area contributed by atoms with Gasteiger partial charge in [-0.3, -0.25) is 4.79 Å². The van der Waals surface area contributed by atoms with Crippen LogP contribution < -0.4 is 0 Å². The van der Waals surface area contributed by atoms with E-state index >= 15 is 0 Å². The predicted octanol–water partition coefficient (Wildman–Crippen LogP) is 2.76. The van der Waals surface area contributed by atoms with E-state index in [4.69, 9.17) is 11.6 Å². The minimum Gasteiger partial charge on any atom is -0.298 e. The Balaban J connectivity index is 2.08. The summed E-state index contributed by atoms with van der Waals surface area (Å²) in [5.74, 6) is 1.57. The van der Waals surface area contributed by atoms with E-state index in [1.165, 1.54) is 25.7 Å². The van der Waals surface area contributed by atoms with Crippen LogP contribution in [0.1, 0.15) is 38.5 Å². The lowest BCUT2D eigenvalue weighted by molar-refractivity contribution is -0.122. The average molecular weight is 187 g/mol. The molecule has 0 spiro atoms. The molecule has 12 heavy (non-hydrogen) atoms. The molecule has 68 valence electrons. The molecule has 0 aromatic carbocycles. The summed E-state index contributed by atoms with van der Waals surface area (Å²) >= 11 is 6.09. The molecule has 2 aliphatic carbocycles. The fourth-order valence-corrected chi connectivity index (χ4v) is 3.13. The zero-order chi connectivity index (χ0) is 8.55. The van der Waals surface area contributed by atoms with Crippen LogP contribution in [-0.4, -0.2) is 11.2 Å². The van der Waals surface area contributed by atoms with Crippen LogP contribution in [0.4, 0.5) is 0 Å². The first kappa shape index (κ1) is 8.55. The van der Waals surface area contributed by atoms with E-state index in [-0.39, 0.29) is 5.38 Å². The summed E-state index contributed by atoms with van der Waals surface area (Å²) in [6.45, 7) is 0. The van der Waals surface area contributed by atoms with Crippen LogP contribution in [0.3, 0.4) is 0 Å². The molecule has 0 aromatic rings. The first-order chi connectivity index (χ1) is 5.79. The maximum atomic E-state index is 11.3. The van der Waals surface area contributed by atoms with E-state index < -0.39 is 0 Å². The number of carbonyl (C=O) groups is 1. The monoisotopic (exact) mass is 186 g/mol. The van der Waals surface area contributed by atoms with Crippen LogP contribution in [0.2, 0.25) is 0 Å². The lowest BCUT2D eigenvalue weighted by Gasteiger charge is -2.37. The van der Waals surface area contributed by atoms with Gasteiger partial charge in [-0.1, -0.05) is 19.3 Å². The molecule has 0 aliphatic heterocycles. The van der Waals surface area contributed by atoms with Gasteiger partial charge in [-0.15, -0.1) is 11.6 Å². The number of hydrogen-bond donors (Lipinski definition) is 0. The van der Waals surface area contributed by atoms with Gasteiger partial charge in [0.25, 0.3) is 0 Å². The molecule has 2 rings (SSSR count). The second kappa shape index (κ2) is 3.37. The highest BCUT2D eigenvalue weighted by Gasteiger charge is 2.38. The van der Waals surface area contributed by atoms with Gasteiger partial charge in [0.05, 0.1) is 5.38 Å². The van der Waals surface area contributed by atoms with Gasteiger partial charge in [-0.25, -0.2) is 0 Å². The third kappa shape index (κ3) is 1.39. The van der Waals surface area contributed by atoms with Crippen LogP contribution in [0, 0.1) is 11.8 Å². The maximum Gasteiger partial charge on any atom is 0.150 e. The van der Waals surface area contributed by atoms with Crippen molar-refractivity contribution in [3.8, 4) is 0 Å². The lowest BCUT2D eigenvalue weighted by Crippen LogP contribution is -2.37. The van der Waals surface area contributed by atoms with Crippen LogP contribution >= 0.6 is 11.6 Å². The second-order valence-electron chi connectivity index (χ2n) is 4.12. The van der Waals surface area contributed by atoms with Gasteiger partial charge in [0.2, 0.25) is 0 Å². The standard InChI is InChI=1S/C10H15ClO/c11-10-8-4-2-1-3-7(8)5-6-9(10)12/h7-8,10H,1-6H2. The quantitative estimate of drug-likeness (QED) is 0.532. The summed E-state index contributed by atoms with van der Waals surface area (Å²) in [5, 5.41) is -0.149. The Morgan fingerprint density at radius 2 is 1.92 bits per heavy atom. The number of Topliss-reactive ketones (excluding diaryl/α,β-unsaturated/α-hetero) is 1. The maximum absolute atomic E-state index is 11.3. The summed E-state index contributed by atoms with van der Waals surface area (Å²) < 4.78 is 0. The van der Waals surface area contributed by atoms with E-state index in [1.807, 2.05) is 0 Å². The lowest BCUT2D eigenvalue weighted by atomic mass is 9.70. The largest absolute Gasteiger partial charge is 0.298 e. The molecule has 3 atom stereocenters. The molecule has 1 nitrogen and oxygen atoms in total. The van der Waals surface area contributed by atoms with E-state index in [0.29, 0.717) is 11.7 Å². The number of alkyl halides is 1. The molecular formula is C10H15ClO. The molecule has 0 N–H and O–H groups in total. The van der Waals surface area contributed by atoms with E-state index in [0.717, 1.165) is 18.8 Å². The van der Waals surface area contributed by atoms with E-state index in [2.05, 4.69) is 0 Å². The molecule has 2 heteroatoms. The summed E-state index contributed by atoms with van der Waals surface area (Å²) in [6, 6.07) is 0. The second-order valence-corrected chi connectivity index (χ2v) is 4.59. The highest BCUT2D eigenvalue weighted by molar-refractivity contribution is 6.31. The minimum absolute atomic E-state index is 0.149. The minimum atomic E-state index is -0.149. The van der Waals surface area contributed by atoms with Crippen molar-refractivity contribution >= 4 is 17.4 Å². The Labute approximate surface area is 78.5 Å². The van der Waals surface area contributed by atoms with Gasteiger partial charge in [-0.2, -0.15) is 0 Å². The van der Waals surface area contributed by atoms with Gasteiger partial charge < -0.3 is 0 Å². The van der Waals surface area contributed by atoms with Crippen molar-refractivity contribution < 1.29 is 4.79 Å². The van der Waals surface area contributed by atoms with Crippen LogP contribution in [-0.2, 0) is 4.79 Å². The summed E-state index contributed by atoms with van der Waals surface area (Å²) in [5.41, 5.74) is 0. The van der Waals surface area contributed by atoms with Crippen molar-refractivity contribution in [3.05, 3.63) is 0 Å². The molecule has 0 saturated heterocycles. The Kier molecular flexibility index (Phi) is 2.40. The van der Waals surface area contributed by atoms with Crippen LogP contribution in [0.15, 0.2) is 0 Å². The number of fused-ring (bicyclic) bond motifs is 1. The van der Waals surface area contributed by atoms with Gasteiger partial charge in [-0.05, 0) is 24.7 Å². The van der Waals surface area contributed by atoms with Crippen molar-refractivity contribution in [1.82, 2.24) is 0 Å². The number of hydrogen-bond acceptors (Lipinski definition) is 1. The average Bonchev–Trinajstić information content (AvgIpc) is 2.12. The fraction of sp³-hybridized carbons (Fsp3) is 0.900. The van der Waals surface area contributed by atoms with E-state index in [1.54, 1.807) is 0 Å². The number of ketones is 1. The third-order valence-electron chi connectivity index (χ3n) is 3.41. The molecular weight excluding hydrogens is 172 g/mol. The zero-order valence-electron chi connectivity index (χ0n) is 7.26. The first-order valence-corrected chi connectivity index (χ1v) is 5.39. The molecule has 0 radical (unpaired) electrons. The Hall–Kier alpha value is -0.0400. The smallest absolute Gasteiger partial charge is 0.150 e. The number of carbonyl (C=O) groups excluding carboxylic acids is 1. The molecule has 3 unspecified atom stereocenters. The molecule has 0 aromatic heterocycles. The van der Waals surface area contributed by atoms with Gasteiger partial charge in [0.1, 0.15) is 0 Å². The highest BCUT2D eigenvalue weighted by Crippen LogP contribution is 2.41. The Morgan fingerprint density at radius 1 is 1.17 bits per heavy atom. The molecule has 0 amide bonds. The van der Waals surface area contributed by atoms with Crippen molar-refractivity contribution in [2.75, 3.05) is 0 Å². The summed E-state index contributed by atoms with van der Waals surface area (Å²) in [7, 11) is 0. The van der Waals surface area contributed by atoms with Crippen molar-refractivity contribution in [3.63, 3.8) is 0 Å². The van der Waals surface area contributed by atoms with E-state index in [9.17, 15) is 4.79 Å². The first-order valence-electron chi connectivity index (χ1n) is 4.96. The zero-order valence-corrected chi connectivity index (χ0v) is 8.02. The fourth-order valence-electron chi connectivity index (χ4n) is 2.68. The Morgan fingerprint density at radius 3 is 2.75 bits per heavy atom. The molecule has 2 fully saturated rings. The summed E-state index contributed by atoms with van der Waals surface area (Å²) in [6.07, 6.45) is 6.95. The van der Waals surface area contributed by atoms with Crippen molar-refractivity contribution in [2.45, 2.75) is 43.9 Å². The van der Waals surface area contributed by atoms with Gasteiger partial charge in [0.15, 0.2) is 5.78 Å². The predicted molar refractivity (Wildman–Crippen MR) is 49.3 cm³/mol. The third-order valence-corrected chi connectivity index (χ3v) is 3.98. The normalized spacial score (nSPS) is 42.4. The molecule has 0 heterocycles. The molecule has 0 bridgehead atoms. The Bertz CT molecular complexity index is 190. The van der Waals surface area contributed by atoms with Crippen LogP contribution in [0.5, 0.6) is 0 Å². The van der Waals surface area contributed by atoms with Crippen molar-refractivity contribution in [1.29, 1.82) is 0 Å². The topological polar surface area (TPSA) is 17.1 Å². The van der Waals surface area contributed by atoms with Crippen LogP contribution in [0.25, 0.3) is 0 Å². The van der Waals surface area contributed by atoms with Crippen molar-refractivity contribution in [2.24, 2.45) is 11.8 Å². The SMILES string of the molecule is O=C1CCC2CCCCC2C1Cl. The summed E-state index contributed by atoms with van der Waals surface area (Å²) in [4.78, 5) is 11.3. The van der Waals surface area contributed by atoms with Gasteiger partial charge >= 0.3 is 0 Å². The number of rotatable bonds is 0. The molecule has 2 aliphatic rings. The van der Waals surface area contributed by atoms with Gasteiger partial charge in [0, 0.05) is 6.42 Å². The number of halogens is 1.